The standard InChI is InChI=1S/C11H14FN5S/c1-2-5-17-11(14-15-16-17)7-18-8-3-4-10(13)9(12)6-8/h3-4,6H,2,5,7,13H2,1H3. The number of nitrogens with two attached hydrogens (primary N) is 1. The fourth-order valence-electron chi connectivity index (χ4n) is 1.46. The van der Waals surface area contributed by atoms with E-state index in [1.54, 1.807) is 16.8 Å². The lowest BCUT2D eigenvalue weighted by Gasteiger charge is -2.04. The molecule has 0 bridgehead atoms. The van der Waals surface area contributed by atoms with Gasteiger partial charge >= 0.3 is 0 Å². The van der Waals surface area contributed by atoms with Crippen LogP contribution in [0.2, 0.25) is 0 Å². The number of rotatable bonds is 5. The molecule has 2 N–H and O–H groups in total. The van der Waals surface area contributed by atoms with Crippen molar-refractivity contribution in [3.05, 3.63) is 29.8 Å². The van der Waals surface area contributed by atoms with Gasteiger partial charge in [0.1, 0.15) is 5.82 Å². The lowest BCUT2D eigenvalue weighted by atomic mass is 10.3. The Kier molecular flexibility index (Phi) is 4.14. The van der Waals surface area contributed by atoms with Gasteiger partial charge in [0.25, 0.3) is 0 Å². The van der Waals surface area contributed by atoms with Crippen molar-refractivity contribution in [1.82, 2.24) is 20.2 Å². The molecule has 0 saturated carbocycles. The molecule has 0 atom stereocenters. The van der Waals surface area contributed by atoms with Crippen molar-refractivity contribution in [2.45, 2.75) is 30.5 Å². The third kappa shape index (κ3) is 2.98. The number of hydrogen-bond acceptors (Lipinski definition) is 5. The number of nitrogen functional groups attached to an aromatic ring is 1. The molecule has 7 heteroatoms. The summed E-state index contributed by atoms with van der Waals surface area (Å²) in [5, 5.41) is 11.5. The maximum atomic E-state index is 13.3. The fourth-order valence-corrected chi connectivity index (χ4v) is 2.31. The highest BCUT2D eigenvalue weighted by Gasteiger charge is 2.07. The topological polar surface area (TPSA) is 69.6 Å². The highest BCUT2D eigenvalue weighted by Crippen LogP contribution is 2.24. The number of aryl methyl sites for hydroxylation is 1. The van der Waals surface area contributed by atoms with E-state index in [-0.39, 0.29) is 5.69 Å². The monoisotopic (exact) mass is 267 g/mol. The zero-order valence-corrected chi connectivity index (χ0v) is 10.8. The van der Waals surface area contributed by atoms with E-state index in [2.05, 4.69) is 22.4 Å². The molecule has 96 valence electrons. The van der Waals surface area contributed by atoms with Crippen LogP contribution in [0.3, 0.4) is 0 Å². The average molecular weight is 267 g/mol. The zero-order chi connectivity index (χ0) is 13.0. The van der Waals surface area contributed by atoms with Crippen LogP contribution >= 0.6 is 11.8 Å². The van der Waals surface area contributed by atoms with E-state index in [0.29, 0.717) is 5.75 Å². The number of tetrazole rings is 1. The van der Waals surface area contributed by atoms with Crippen LogP contribution < -0.4 is 5.73 Å². The molecule has 0 unspecified atom stereocenters. The van der Waals surface area contributed by atoms with E-state index in [1.807, 2.05) is 0 Å². The normalized spacial score (nSPS) is 10.8. The molecule has 5 nitrogen and oxygen atoms in total. The Labute approximate surface area is 109 Å². The van der Waals surface area contributed by atoms with Crippen LogP contribution in [0.5, 0.6) is 0 Å². The van der Waals surface area contributed by atoms with Gasteiger partial charge in [0.2, 0.25) is 0 Å². The van der Waals surface area contributed by atoms with Crippen molar-refractivity contribution in [1.29, 1.82) is 0 Å². The quantitative estimate of drug-likeness (QED) is 0.663. The molecule has 2 aromatic rings. The Morgan fingerprint density at radius 2 is 2.28 bits per heavy atom. The number of hydrogen-bond donors (Lipinski definition) is 1. The summed E-state index contributed by atoms with van der Waals surface area (Å²) in [5.74, 6) is 1.00. The summed E-state index contributed by atoms with van der Waals surface area (Å²) in [4.78, 5) is 0.813. The zero-order valence-electron chi connectivity index (χ0n) is 10.0. The van der Waals surface area contributed by atoms with Crippen molar-refractivity contribution in [2.75, 3.05) is 5.73 Å². The van der Waals surface area contributed by atoms with Crippen molar-refractivity contribution in [3.8, 4) is 0 Å². The van der Waals surface area contributed by atoms with Crippen LogP contribution in [-0.4, -0.2) is 20.2 Å². The van der Waals surface area contributed by atoms with Crippen molar-refractivity contribution >= 4 is 17.4 Å². The van der Waals surface area contributed by atoms with E-state index in [0.717, 1.165) is 23.7 Å². The molecule has 0 radical (unpaired) electrons. The number of anilines is 1. The van der Waals surface area contributed by atoms with Gasteiger partial charge in [-0.2, -0.15) is 0 Å². The minimum atomic E-state index is -0.395. The fraction of sp³-hybridized carbons (Fsp3) is 0.364. The van der Waals surface area contributed by atoms with Crippen molar-refractivity contribution in [2.24, 2.45) is 0 Å². The highest BCUT2D eigenvalue weighted by molar-refractivity contribution is 7.98. The van der Waals surface area contributed by atoms with Gasteiger partial charge in [-0.3, -0.25) is 0 Å². The first kappa shape index (κ1) is 12.8. The molecule has 0 amide bonds. The first-order chi connectivity index (χ1) is 8.70. The van der Waals surface area contributed by atoms with Gasteiger partial charge in [-0.05, 0) is 35.0 Å². The molecule has 0 fully saturated rings. The molecule has 0 aliphatic carbocycles. The Bertz CT molecular complexity index is 528. The van der Waals surface area contributed by atoms with Crippen LogP contribution in [0.1, 0.15) is 19.2 Å². The lowest BCUT2D eigenvalue weighted by molar-refractivity contribution is 0.564. The molecular weight excluding hydrogens is 253 g/mol. The Hall–Kier alpha value is -1.63. The molecular formula is C11H14FN5S. The molecule has 1 aromatic carbocycles. The summed E-state index contributed by atoms with van der Waals surface area (Å²) in [7, 11) is 0. The van der Waals surface area contributed by atoms with Crippen molar-refractivity contribution < 1.29 is 4.39 Å². The number of aromatic nitrogens is 4. The number of nitrogens with zero attached hydrogens (tertiary/aromatic N) is 4. The summed E-state index contributed by atoms with van der Waals surface area (Å²) in [6.45, 7) is 2.85. The van der Waals surface area contributed by atoms with Crippen LogP contribution in [0.25, 0.3) is 0 Å². The van der Waals surface area contributed by atoms with Gasteiger partial charge in [-0.1, -0.05) is 6.92 Å². The second-order valence-electron chi connectivity index (χ2n) is 3.79. The summed E-state index contributed by atoms with van der Waals surface area (Å²) < 4.78 is 15.0. The molecule has 1 heterocycles. The third-order valence-electron chi connectivity index (χ3n) is 2.38. The summed E-state index contributed by atoms with van der Waals surface area (Å²) in [6.07, 6.45) is 0.971. The average Bonchev–Trinajstić information content (AvgIpc) is 2.79. The lowest BCUT2D eigenvalue weighted by Crippen LogP contribution is -2.04. The van der Waals surface area contributed by atoms with Crippen molar-refractivity contribution in [3.63, 3.8) is 0 Å². The van der Waals surface area contributed by atoms with Gasteiger partial charge in [0.05, 0.1) is 11.4 Å². The van der Waals surface area contributed by atoms with E-state index in [1.165, 1.54) is 17.8 Å². The molecule has 2 rings (SSSR count). The van der Waals surface area contributed by atoms with Crippen LogP contribution in [-0.2, 0) is 12.3 Å². The maximum absolute atomic E-state index is 13.3. The van der Waals surface area contributed by atoms with Gasteiger partial charge in [0, 0.05) is 11.4 Å². The first-order valence-corrected chi connectivity index (χ1v) is 6.62. The first-order valence-electron chi connectivity index (χ1n) is 5.63. The predicted octanol–water partition coefficient (Wildman–Crippen LogP) is 2.10. The van der Waals surface area contributed by atoms with Gasteiger partial charge < -0.3 is 5.73 Å². The van der Waals surface area contributed by atoms with Crippen LogP contribution in [0, 0.1) is 5.82 Å². The Balaban J connectivity index is 2.02. The van der Waals surface area contributed by atoms with Gasteiger partial charge in [-0.15, -0.1) is 16.9 Å². The van der Waals surface area contributed by atoms with Gasteiger partial charge in [0.15, 0.2) is 5.82 Å². The maximum Gasteiger partial charge on any atom is 0.161 e. The van der Waals surface area contributed by atoms with Crippen LogP contribution in [0.4, 0.5) is 10.1 Å². The third-order valence-corrected chi connectivity index (χ3v) is 3.37. The molecule has 0 aliphatic heterocycles. The van der Waals surface area contributed by atoms with Crippen LogP contribution in [0.15, 0.2) is 23.1 Å². The Morgan fingerprint density at radius 3 is 3.00 bits per heavy atom. The largest absolute Gasteiger partial charge is 0.396 e. The summed E-state index contributed by atoms with van der Waals surface area (Å²) in [6, 6.07) is 4.78. The van der Waals surface area contributed by atoms with E-state index in [9.17, 15) is 4.39 Å². The van der Waals surface area contributed by atoms with Gasteiger partial charge in [-0.25, -0.2) is 9.07 Å². The highest BCUT2D eigenvalue weighted by atomic mass is 32.2. The second-order valence-corrected chi connectivity index (χ2v) is 4.84. The summed E-state index contributed by atoms with van der Waals surface area (Å²) >= 11 is 1.48. The second kappa shape index (κ2) is 5.81. The predicted molar refractivity (Wildman–Crippen MR) is 68.5 cm³/mol. The Morgan fingerprint density at radius 1 is 1.44 bits per heavy atom. The summed E-state index contributed by atoms with van der Waals surface area (Å²) in [5.41, 5.74) is 5.58. The minimum Gasteiger partial charge on any atom is -0.396 e. The minimum absolute atomic E-state index is 0.162. The van der Waals surface area contributed by atoms with E-state index in [4.69, 9.17) is 5.73 Å². The number of halogens is 1. The molecule has 0 spiro atoms. The molecule has 18 heavy (non-hydrogen) atoms. The number of benzene rings is 1. The SMILES string of the molecule is CCCn1nnnc1CSc1ccc(N)c(F)c1. The smallest absolute Gasteiger partial charge is 0.161 e. The molecule has 1 aromatic heterocycles. The molecule has 0 saturated heterocycles. The molecule has 0 aliphatic rings. The number of thioether (sulfide) groups is 1. The van der Waals surface area contributed by atoms with E-state index >= 15 is 0 Å². The van der Waals surface area contributed by atoms with E-state index < -0.39 is 5.82 Å².